The van der Waals surface area contributed by atoms with E-state index in [1.807, 2.05) is 0 Å². The van der Waals surface area contributed by atoms with Gasteiger partial charge >= 0.3 is 0 Å². The first-order valence-electron chi connectivity index (χ1n) is 8.34. The molecule has 0 aromatic heterocycles. The van der Waals surface area contributed by atoms with E-state index in [2.05, 4.69) is 37.5 Å². The Morgan fingerprint density at radius 3 is 2.26 bits per heavy atom. The van der Waals surface area contributed by atoms with Gasteiger partial charge in [0.2, 0.25) is 0 Å². The van der Waals surface area contributed by atoms with Crippen molar-refractivity contribution in [1.82, 2.24) is 9.80 Å². The first-order chi connectivity index (χ1) is 9.12. The molecular formula is C16H35N3. The van der Waals surface area contributed by atoms with Crippen LogP contribution in [0.1, 0.15) is 53.4 Å². The zero-order chi connectivity index (χ0) is 14.3. The summed E-state index contributed by atoms with van der Waals surface area (Å²) in [5, 5.41) is 0. The summed E-state index contributed by atoms with van der Waals surface area (Å²) in [4.78, 5) is 5.14. The first-order valence-corrected chi connectivity index (χ1v) is 8.34. The smallest absolute Gasteiger partial charge is 0.0249 e. The number of nitrogens with two attached hydrogens (primary N) is 1. The van der Waals surface area contributed by atoms with E-state index >= 15 is 0 Å². The first kappa shape index (κ1) is 16.9. The molecule has 0 aromatic rings. The summed E-state index contributed by atoms with van der Waals surface area (Å²) in [6.45, 7) is 15.1. The molecule has 1 fully saturated rings. The third-order valence-electron chi connectivity index (χ3n) is 4.82. The lowest BCUT2D eigenvalue weighted by molar-refractivity contribution is 0.115. The Morgan fingerprint density at radius 1 is 1.00 bits per heavy atom. The van der Waals surface area contributed by atoms with E-state index in [9.17, 15) is 0 Å². The van der Waals surface area contributed by atoms with Gasteiger partial charge in [-0.3, -0.25) is 4.90 Å². The van der Waals surface area contributed by atoms with Gasteiger partial charge in [-0.25, -0.2) is 0 Å². The third kappa shape index (κ3) is 5.41. The lowest BCUT2D eigenvalue weighted by Crippen LogP contribution is -2.51. The third-order valence-corrected chi connectivity index (χ3v) is 4.82. The number of nitrogens with zero attached hydrogens (tertiary/aromatic N) is 2. The van der Waals surface area contributed by atoms with Gasteiger partial charge in [-0.2, -0.15) is 0 Å². The Morgan fingerprint density at radius 2 is 1.68 bits per heavy atom. The quantitative estimate of drug-likeness (QED) is 0.735. The molecule has 0 aromatic carbocycles. The van der Waals surface area contributed by atoms with E-state index in [0.717, 1.165) is 12.5 Å². The van der Waals surface area contributed by atoms with Crippen LogP contribution >= 0.6 is 0 Å². The maximum absolute atomic E-state index is 6.35. The summed E-state index contributed by atoms with van der Waals surface area (Å²) < 4.78 is 0. The van der Waals surface area contributed by atoms with Gasteiger partial charge in [-0.15, -0.1) is 0 Å². The predicted molar refractivity (Wildman–Crippen MR) is 84.4 cm³/mol. The lowest BCUT2D eigenvalue weighted by atomic mass is 9.83. The number of hydrogen-bond acceptors (Lipinski definition) is 3. The molecule has 0 spiro atoms. The molecule has 1 aliphatic rings. The van der Waals surface area contributed by atoms with Crippen LogP contribution in [0, 0.1) is 5.92 Å². The molecule has 0 amide bonds. The molecule has 3 unspecified atom stereocenters. The largest absolute Gasteiger partial charge is 0.326 e. The van der Waals surface area contributed by atoms with Gasteiger partial charge in [-0.1, -0.05) is 27.7 Å². The molecule has 114 valence electrons. The normalized spacial score (nSPS) is 28.3. The highest BCUT2D eigenvalue weighted by Gasteiger charge is 2.29. The number of hydrogen-bond donors (Lipinski definition) is 1. The van der Waals surface area contributed by atoms with Gasteiger partial charge in [0, 0.05) is 12.1 Å². The Labute approximate surface area is 120 Å². The van der Waals surface area contributed by atoms with E-state index < -0.39 is 0 Å². The van der Waals surface area contributed by atoms with Crippen molar-refractivity contribution in [3.05, 3.63) is 0 Å². The summed E-state index contributed by atoms with van der Waals surface area (Å²) in [6.07, 6.45) is 5.08. The Kier molecular flexibility index (Phi) is 7.96. The minimum absolute atomic E-state index is 0.393. The topological polar surface area (TPSA) is 32.5 Å². The summed E-state index contributed by atoms with van der Waals surface area (Å²) in [7, 11) is 0. The van der Waals surface area contributed by atoms with Crippen LogP contribution in [0.15, 0.2) is 0 Å². The Bertz CT molecular complexity index is 228. The monoisotopic (exact) mass is 269 g/mol. The van der Waals surface area contributed by atoms with Gasteiger partial charge in [-0.05, 0) is 64.3 Å². The molecule has 0 heterocycles. The predicted octanol–water partition coefficient (Wildman–Crippen LogP) is 2.56. The molecule has 19 heavy (non-hydrogen) atoms. The average Bonchev–Trinajstić information content (AvgIpc) is 2.42. The van der Waals surface area contributed by atoms with Gasteiger partial charge < -0.3 is 10.6 Å². The standard InChI is InChI=1S/C16H35N3/c1-5-18(6-2)11-8-12-19(7-3)16-13-14(4)9-10-15(16)17/h14-16H,5-13,17H2,1-4H3. The molecule has 1 saturated carbocycles. The van der Waals surface area contributed by atoms with Crippen LogP contribution in [0.25, 0.3) is 0 Å². The van der Waals surface area contributed by atoms with Gasteiger partial charge in [0.15, 0.2) is 0 Å². The van der Waals surface area contributed by atoms with Crippen LogP contribution in [0.4, 0.5) is 0 Å². The second kappa shape index (κ2) is 8.93. The fourth-order valence-electron chi connectivity index (χ4n) is 3.39. The molecule has 1 rings (SSSR count). The minimum atomic E-state index is 0.393. The van der Waals surface area contributed by atoms with Crippen LogP contribution in [-0.2, 0) is 0 Å². The van der Waals surface area contributed by atoms with Crippen LogP contribution < -0.4 is 5.73 Å². The van der Waals surface area contributed by atoms with Crippen molar-refractivity contribution in [2.24, 2.45) is 11.7 Å². The van der Waals surface area contributed by atoms with Crippen molar-refractivity contribution in [1.29, 1.82) is 0 Å². The Hall–Kier alpha value is -0.120. The van der Waals surface area contributed by atoms with Crippen molar-refractivity contribution in [2.75, 3.05) is 32.7 Å². The van der Waals surface area contributed by atoms with E-state index in [0.29, 0.717) is 12.1 Å². The molecule has 3 nitrogen and oxygen atoms in total. The fraction of sp³-hybridized carbons (Fsp3) is 1.00. The summed E-state index contributed by atoms with van der Waals surface area (Å²) >= 11 is 0. The molecule has 3 heteroatoms. The summed E-state index contributed by atoms with van der Waals surface area (Å²) in [5.74, 6) is 0.849. The Balaban J connectivity index is 2.39. The molecule has 0 radical (unpaired) electrons. The van der Waals surface area contributed by atoms with Crippen LogP contribution in [-0.4, -0.2) is 54.6 Å². The molecule has 0 aliphatic heterocycles. The minimum Gasteiger partial charge on any atom is -0.326 e. The van der Waals surface area contributed by atoms with E-state index in [1.165, 1.54) is 51.9 Å². The van der Waals surface area contributed by atoms with Crippen molar-refractivity contribution in [3.63, 3.8) is 0 Å². The fourth-order valence-corrected chi connectivity index (χ4v) is 3.39. The van der Waals surface area contributed by atoms with E-state index in [1.54, 1.807) is 0 Å². The molecule has 1 aliphatic carbocycles. The van der Waals surface area contributed by atoms with Crippen molar-refractivity contribution in [3.8, 4) is 0 Å². The molecular weight excluding hydrogens is 234 g/mol. The summed E-state index contributed by atoms with van der Waals surface area (Å²) in [6, 6.07) is 1.01. The second-order valence-electron chi connectivity index (χ2n) is 6.16. The van der Waals surface area contributed by atoms with Crippen LogP contribution in [0.2, 0.25) is 0 Å². The number of likely N-dealkylation sites (N-methyl/N-ethyl adjacent to an activating group) is 1. The zero-order valence-corrected chi connectivity index (χ0v) is 13.6. The van der Waals surface area contributed by atoms with E-state index in [4.69, 9.17) is 5.73 Å². The van der Waals surface area contributed by atoms with Crippen molar-refractivity contribution >= 4 is 0 Å². The highest BCUT2D eigenvalue weighted by Crippen LogP contribution is 2.26. The number of rotatable bonds is 8. The summed E-state index contributed by atoms with van der Waals surface area (Å²) in [5.41, 5.74) is 6.35. The van der Waals surface area contributed by atoms with E-state index in [-0.39, 0.29) is 0 Å². The SMILES string of the molecule is CCN(CC)CCCN(CC)C1CC(C)CCC1N. The van der Waals surface area contributed by atoms with Crippen molar-refractivity contribution < 1.29 is 0 Å². The maximum atomic E-state index is 6.35. The van der Waals surface area contributed by atoms with Crippen LogP contribution in [0.5, 0.6) is 0 Å². The highest BCUT2D eigenvalue weighted by atomic mass is 15.2. The van der Waals surface area contributed by atoms with Gasteiger partial charge in [0.1, 0.15) is 0 Å². The van der Waals surface area contributed by atoms with Gasteiger partial charge in [0.25, 0.3) is 0 Å². The highest BCUT2D eigenvalue weighted by molar-refractivity contribution is 4.88. The van der Waals surface area contributed by atoms with Crippen molar-refractivity contribution in [2.45, 2.75) is 65.5 Å². The average molecular weight is 269 g/mol. The lowest BCUT2D eigenvalue weighted by Gasteiger charge is -2.40. The van der Waals surface area contributed by atoms with Gasteiger partial charge in [0.05, 0.1) is 0 Å². The second-order valence-corrected chi connectivity index (χ2v) is 6.16. The van der Waals surface area contributed by atoms with Crippen LogP contribution in [0.3, 0.4) is 0 Å². The maximum Gasteiger partial charge on any atom is 0.0249 e. The molecule has 2 N–H and O–H groups in total. The zero-order valence-electron chi connectivity index (χ0n) is 13.6. The molecule has 3 atom stereocenters. The molecule has 0 saturated heterocycles. The molecule has 0 bridgehead atoms.